The average molecular weight is 463 g/mol. The molecule has 166 valence electrons. The molecule has 1 aliphatic rings. The van der Waals surface area contributed by atoms with Gasteiger partial charge in [0.25, 0.3) is 11.5 Å². The number of pyridine rings is 1. The lowest BCUT2D eigenvalue weighted by Gasteiger charge is -2.15. The number of rotatable bonds is 10. The largest absolute Gasteiger partial charge is 0.394 e. The first kappa shape index (κ1) is 23.4. The van der Waals surface area contributed by atoms with Gasteiger partial charge in [-0.05, 0) is 30.5 Å². The van der Waals surface area contributed by atoms with Crippen LogP contribution in [0.15, 0.2) is 34.1 Å². The standard InChI is InChI=1S/C21H26N4O4S2/c1-14(2)6-9-25-20(28)16(31-21(25)30)13-15-18(22-7-11-29-12-10-26)23-17-5-3-4-8-24(17)19(15)27/h3-5,8,13-14,22,26H,6-7,9-12H2,1-2H3/b16-13+. The SMILES string of the molecule is CC(C)CCN1C(=O)/C(=C\c2c(NCCOCCO)nc3ccccn3c2=O)SC1=S. The monoisotopic (exact) mass is 462 g/mol. The highest BCUT2D eigenvalue weighted by Crippen LogP contribution is 2.33. The Bertz CT molecular complexity index is 1050. The molecule has 0 saturated carbocycles. The number of aromatic nitrogens is 2. The van der Waals surface area contributed by atoms with Crippen LogP contribution in [-0.4, -0.2) is 62.5 Å². The molecule has 1 fully saturated rings. The van der Waals surface area contributed by atoms with Crippen LogP contribution < -0.4 is 10.9 Å². The third-order valence-corrected chi connectivity index (χ3v) is 6.00. The minimum atomic E-state index is -0.281. The van der Waals surface area contributed by atoms with E-state index in [1.165, 1.54) is 16.2 Å². The number of aliphatic hydroxyl groups is 1. The van der Waals surface area contributed by atoms with Gasteiger partial charge >= 0.3 is 0 Å². The highest BCUT2D eigenvalue weighted by atomic mass is 32.2. The van der Waals surface area contributed by atoms with Crippen LogP contribution in [0.3, 0.4) is 0 Å². The van der Waals surface area contributed by atoms with Crippen molar-refractivity contribution in [1.82, 2.24) is 14.3 Å². The summed E-state index contributed by atoms with van der Waals surface area (Å²) >= 11 is 6.59. The molecule has 0 spiro atoms. The first-order valence-electron chi connectivity index (χ1n) is 10.1. The van der Waals surface area contributed by atoms with E-state index in [-0.39, 0.29) is 30.2 Å². The summed E-state index contributed by atoms with van der Waals surface area (Å²) in [4.78, 5) is 32.6. The molecule has 1 amide bonds. The van der Waals surface area contributed by atoms with E-state index in [0.717, 1.165) is 6.42 Å². The number of thioether (sulfide) groups is 1. The van der Waals surface area contributed by atoms with Crippen LogP contribution in [0.5, 0.6) is 0 Å². The topological polar surface area (TPSA) is 96.2 Å². The van der Waals surface area contributed by atoms with Gasteiger partial charge in [0.1, 0.15) is 15.8 Å². The zero-order valence-electron chi connectivity index (χ0n) is 17.5. The van der Waals surface area contributed by atoms with Crippen LogP contribution in [0.25, 0.3) is 11.7 Å². The Morgan fingerprint density at radius 1 is 1.32 bits per heavy atom. The Kier molecular flexibility index (Phi) is 8.19. The van der Waals surface area contributed by atoms with Gasteiger partial charge in [0, 0.05) is 19.3 Å². The summed E-state index contributed by atoms with van der Waals surface area (Å²) in [6.45, 7) is 5.66. The number of carbonyl (C=O) groups is 1. The number of amides is 1. The predicted molar refractivity (Wildman–Crippen MR) is 127 cm³/mol. The number of carbonyl (C=O) groups excluding carboxylic acids is 1. The maximum atomic E-state index is 13.2. The molecule has 0 aliphatic carbocycles. The zero-order valence-corrected chi connectivity index (χ0v) is 19.2. The summed E-state index contributed by atoms with van der Waals surface area (Å²) in [7, 11) is 0. The van der Waals surface area contributed by atoms with Crippen molar-refractivity contribution in [2.45, 2.75) is 20.3 Å². The van der Waals surface area contributed by atoms with Crippen molar-refractivity contribution in [3.8, 4) is 0 Å². The van der Waals surface area contributed by atoms with Gasteiger partial charge < -0.3 is 15.2 Å². The van der Waals surface area contributed by atoms with Crippen molar-refractivity contribution < 1.29 is 14.6 Å². The smallest absolute Gasteiger partial charge is 0.267 e. The van der Waals surface area contributed by atoms with E-state index in [0.29, 0.717) is 46.3 Å². The Morgan fingerprint density at radius 3 is 2.87 bits per heavy atom. The molecule has 2 aromatic heterocycles. The molecule has 0 unspecified atom stereocenters. The van der Waals surface area contributed by atoms with E-state index < -0.39 is 0 Å². The van der Waals surface area contributed by atoms with Crippen molar-refractivity contribution in [3.05, 3.63) is 45.2 Å². The number of thiocarbonyl (C=S) groups is 1. The lowest BCUT2D eigenvalue weighted by atomic mass is 10.1. The molecule has 1 aliphatic heterocycles. The van der Waals surface area contributed by atoms with Crippen LogP contribution in [-0.2, 0) is 9.53 Å². The van der Waals surface area contributed by atoms with E-state index in [9.17, 15) is 9.59 Å². The molecule has 0 aromatic carbocycles. The van der Waals surface area contributed by atoms with Crippen molar-refractivity contribution in [2.75, 3.05) is 38.2 Å². The molecule has 31 heavy (non-hydrogen) atoms. The normalized spacial score (nSPS) is 15.6. The molecule has 2 aromatic rings. The highest BCUT2D eigenvalue weighted by Gasteiger charge is 2.32. The number of hydrogen-bond donors (Lipinski definition) is 2. The van der Waals surface area contributed by atoms with Gasteiger partial charge in [0.2, 0.25) is 0 Å². The lowest BCUT2D eigenvalue weighted by Crippen LogP contribution is -2.29. The van der Waals surface area contributed by atoms with Gasteiger partial charge in [-0.1, -0.05) is 43.9 Å². The number of nitrogens with one attached hydrogen (secondary N) is 1. The van der Waals surface area contributed by atoms with Crippen LogP contribution >= 0.6 is 24.0 Å². The molecule has 0 bridgehead atoms. The first-order chi connectivity index (χ1) is 14.9. The van der Waals surface area contributed by atoms with Crippen molar-refractivity contribution in [2.24, 2.45) is 5.92 Å². The Balaban J connectivity index is 1.93. The number of aliphatic hydroxyl groups excluding tert-OH is 1. The first-order valence-corrected chi connectivity index (χ1v) is 11.3. The number of hydrogen-bond acceptors (Lipinski definition) is 8. The zero-order chi connectivity index (χ0) is 22.4. The second-order valence-corrected chi connectivity index (χ2v) is 9.06. The fraction of sp³-hybridized carbons (Fsp3) is 0.429. The van der Waals surface area contributed by atoms with E-state index in [2.05, 4.69) is 24.1 Å². The maximum absolute atomic E-state index is 13.2. The summed E-state index contributed by atoms with van der Waals surface area (Å²) in [6.07, 6.45) is 4.06. The van der Waals surface area contributed by atoms with Crippen LogP contribution in [0.2, 0.25) is 0 Å². The molecule has 1 saturated heterocycles. The van der Waals surface area contributed by atoms with Crippen molar-refractivity contribution in [3.63, 3.8) is 0 Å². The fourth-order valence-electron chi connectivity index (χ4n) is 2.99. The fourth-order valence-corrected chi connectivity index (χ4v) is 4.28. The summed E-state index contributed by atoms with van der Waals surface area (Å²) in [5.74, 6) is 0.633. The molecule has 3 rings (SSSR count). The summed E-state index contributed by atoms with van der Waals surface area (Å²) in [5, 5.41) is 11.9. The maximum Gasteiger partial charge on any atom is 0.267 e. The lowest BCUT2D eigenvalue weighted by molar-refractivity contribution is -0.122. The Labute approximate surface area is 190 Å². The van der Waals surface area contributed by atoms with Crippen LogP contribution in [0.4, 0.5) is 5.82 Å². The molecule has 8 nitrogen and oxygen atoms in total. The van der Waals surface area contributed by atoms with Gasteiger partial charge in [0.15, 0.2) is 0 Å². The van der Waals surface area contributed by atoms with Crippen molar-refractivity contribution >= 4 is 51.7 Å². The second-order valence-electron chi connectivity index (χ2n) is 7.39. The quantitative estimate of drug-likeness (QED) is 0.316. The summed E-state index contributed by atoms with van der Waals surface area (Å²) in [6, 6.07) is 5.29. The van der Waals surface area contributed by atoms with Crippen LogP contribution in [0, 0.1) is 5.92 Å². The van der Waals surface area contributed by atoms with Gasteiger partial charge in [-0.3, -0.25) is 18.9 Å². The second kappa shape index (κ2) is 10.9. The number of anilines is 1. The highest BCUT2D eigenvalue weighted by molar-refractivity contribution is 8.26. The summed E-state index contributed by atoms with van der Waals surface area (Å²) in [5.41, 5.74) is 0.500. The molecule has 3 heterocycles. The number of nitrogens with zero attached hydrogens (tertiary/aromatic N) is 3. The van der Waals surface area contributed by atoms with Gasteiger partial charge in [-0.2, -0.15) is 0 Å². The van der Waals surface area contributed by atoms with Gasteiger partial charge in [-0.15, -0.1) is 0 Å². The van der Waals surface area contributed by atoms with E-state index >= 15 is 0 Å². The van der Waals surface area contributed by atoms with Crippen molar-refractivity contribution in [1.29, 1.82) is 0 Å². The van der Waals surface area contributed by atoms with Crippen LogP contribution in [0.1, 0.15) is 25.8 Å². The molecular weight excluding hydrogens is 436 g/mol. The Morgan fingerprint density at radius 2 is 2.13 bits per heavy atom. The number of ether oxygens (including phenoxy) is 1. The minimum Gasteiger partial charge on any atom is -0.394 e. The predicted octanol–water partition coefficient (Wildman–Crippen LogP) is 2.36. The third-order valence-electron chi connectivity index (χ3n) is 4.62. The molecule has 10 heteroatoms. The average Bonchev–Trinajstić information content (AvgIpc) is 3.01. The summed E-state index contributed by atoms with van der Waals surface area (Å²) < 4.78 is 7.21. The molecule has 0 atom stereocenters. The van der Waals surface area contributed by atoms with Gasteiger partial charge in [0.05, 0.1) is 30.3 Å². The van der Waals surface area contributed by atoms with E-state index in [1.807, 2.05) is 0 Å². The van der Waals surface area contributed by atoms with E-state index in [1.54, 1.807) is 35.4 Å². The van der Waals surface area contributed by atoms with E-state index in [4.69, 9.17) is 22.1 Å². The molecule has 0 radical (unpaired) electrons. The molecular formula is C21H26N4O4S2. The van der Waals surface area contributed by atoms with Gasteiger partial charge in [-0.25, -0.2) is 4.98 Å². The third kappa shape index (κ3) is 5.70. The molecule has 2 N–H and O–H groups in total. The minimum absolute atomic E-state index is 0.0561. The Hall–Kier alpha value is -2.27. The number of fused-ring (bicyclic) bond motifs is 1.